The van der Waals surface area contributed by atoms with Gasteiger partial charge < -0.3 is 15.5 Å². The normalized spacial score (nSPS) is 12.3. The topological polar surface area (TPSA) is 69.6 Å². The molecule has 0 saturated carbocycles. The number of carbonyl (C=O) groups is 1. The van der Waals surface area contributed by atoms with Crippen molar-refractivity contribution in [1.82, 2.24) is 5.32 Å². The predicted octanol–water partition coefficient (Wildman–Crippen LogP) is 3.29. The van der Waals surface area contributed by atoms with Crippen molar-refractivity contribution in [3.8, 4) is 11.5 Å². The molecule has 0 radical (unpaired) electrons. The van der Waals surface area contributed by atoms with Gasteiger partial charge in [-0.3, -0.25) is 4.79 Å². The fraction of sp³-hybridized carbons (Fsp3) is 0.267. The van der Waals surface area contributed by atoms with Gasteiger partial charge in [-0.25, -0.2) is 0 Å². The number of hydrogen-bond acceptors (Lipinski definition) is 4. The summed E-state index contributed by atoms with van der Waals surface area (Å²) >= 11 is 1.57. The zero-order chi connectivity index (χ0) is 14.7. The van der Waals surface area contributed by atoms with Gasteiger partial charge in [-0.05, 0) is 29.5 Å². The number of phenolic OH excluding ortho intramolecular Hbond substituents is 2. The third-order valence-electron chi connectivity index (χ3n) is 3.05. The van der Waals surface area contributed by atoms with Gasteiger partial charge in [-0.15, -0.1) is 11.3 Å². The van der Waals surface area contributed by atoms with Crippen LogP contribution in [-0.4, -0.2) is 16.1 Å². The largest absolute Gasteiger partial charge is 0.507 e. The molecule has 1 heterocycles. The molecule has 5 heteroatoms. The van der Waals surface area contributed by atoms with Crippen molar-refractivity contribution in [2.24, 2.45) is 5.92 Å². The average molecular weight is 291 g/mol. The molecule has 0 bridgehead atoms. The van der Waals surface area contributed by atoms with Crippen molar-refractivity contribution in [2.75, 3.05) is 0 Å². The summed E-state index contributed by atoms with van der Waals surface area (Å²) in [7, 11) is 0. The third-order valence-corrected chi connectivity index (χ3v) is 4.01. The molecule has 2 aromatic rings. The van der Waals surface area contributed by atoms with E-state index < -0.39 is 5.91 Å². The molecule has 20 heavy (non-hydrogen) atoms. The molecule has 3 N–H and O–H groups in total. The zero-order valence-corrected chi connectivity index (χ0v) is 12.1. The van der Waals surface area contributed by atoms with Crippen LogP contribution in [0.1, 0.15) is 35.1 Å². The van der Waals surface area contributed by atoms with Crippen LogP contribution in [0, 0.1) is 5.92 Å². The van der Waals surface area contributed by atoms with E-state index in [2.05, 4.69) is 5.32 Å². The first kappa shape index (κ1) is 14.4. The standard InChI is InChI=1S/C15H17NO3S/c1-9(2)14(12-7-4-8-20-12)16-15(19)13-10(17)5-3-6-11(13)18/h3-9,14,17-18H,1-2H3,(H,16,19). The van der Waals surface area contributed by atoms with E-state index in [1.807, 2.05) is 31.4 Å². The van der Waals surface area contributed by atoms with Gasteiger partial charge in [-0.2, -0.15) is 0 Å². The maximum Gasteiger partial charge on any atom is 0.259 e. The molecule has 2 rings (SSSR count). The van der Waals surface area contributed by atoms with Gasteiger partial charge in [0, 0.05) is 4.88 Å². The molecule has 0 aliphatic carbocycles. The summed E-state index contributed by atoms with van der Waals surface area (Å²) in [6, 6.07) is 7.98. The number of hydrogen-bond donors (Lipinski definition) is 3. The third kappa shape index (κ3) is 2.93. The van der Waals surface area contributed by atoms with Gasteiger partial charge in [0.05, 0.1) is 6.04 Å². The first-order valence-corrected chi connectivity index (χ1v) is 7.24. The lowest BCUT2D eigenvalue weighted by Gasteiger charge is -2.21. The van der Waals surface area contributed by atoms with Crippen LogP contribution in [0.5, 0.6) is 11.5 Å². The Hall–Kier alpha value is -2.01. The summed E-state index contributed by atoms with van der Waals surface area (Å²) in [5.41, 5.74) is -0.0882. The Morgan fingerprint density at radius 2 is 1.80 bits per heavy atom. The first-order valence-electron chi connectivity index (χ1n) is 6.36. The average Bonchev–Trinajstić information content (AvgIpc) is 2.88. The monoisotopic (exact) mass is 291 g/mol. The van der Waals surface area contributed by atoms with E-state index in [0.717, 1.165) is 4.88 Å². The van der Waals surface area contributed by atoms with E-state index in [9.17, 15) is 15.0 Å². The number of phenols is 2. The Balaban J connectivity index is 2.26. The number of amides is 1. The summed E-state index contributed by atoms with van der Waals surface area (Å²) in [5.74, 6) is -0.731. The number of nitrogens with one attached hydrogen (secondary N) is 1. The van der Waals surface area contributed by atoms with E-state index in [0.29, 0.717) is 0 Å². The van der Waals surface area contributed by atoms with E-state index in [-0.39, 0.29) is 29.0 Å². The molecule has 1 unspecified atom stereocenters. The van der Waals surface area contributed by atoms with Crippen LogP contribution in [0.4, 0.5) is 0 Å². The number of carbonyl (C=O) groups excluding carboxylic acids is 1. The second-order valence-corrected chi connectivity index (χ2v) is 5.86. The lowest BCUT2D eigenvalue weighted by Crippen LogP contribution is -2.31. The van der Waals surface area contributed by atoms with Crippen molar-refractivity contribution in [1.29, 1.82) is 0 Å². The van der Waals surface area contributed by atoms with Crippen LogP contribution < -0.4 is 5.32 Å². The van der Waals surface area contributed by atoms with E-state index in [1.165, 1.54) is 18.2 Å². The maximum absolute atomic E-state index is 12.3. The highest BCUT2D eigenvalue weighted by Crippen LogP contribution is 2.30. The number of aromatic hydroxyl groups is 2. The highest BCUT2D eigenvalue weighted by atomic mass is 32.1. The predicted molar refractivity (Wildman–Crippen MR) is 79.1 cm³/mol. The molecule has 1 aromatic carbocycles. The first-order chi connectivity index (χ1) is 9.50. The number of benzene rings is 1. The van der Waals surface area contributed by atoms with E-state index >= 15 is 0 Å². The molecule has 1 aromatic heterocycles. The quantitative estimate of drug-likeness (QED) is 0.809. The summed E-state index contributed by atoms with van der Waals surface area (Å²) in [6.07, 6.45) is 0. The minimum atomic E-state index is -0.479. The molecule has 4 nitrogen and oxygen atoms in total. The molecule has 0 aliphatic rings. The van der Waals surface area contributed by atoms with Crippen LogP contribution in [0.15, 0.2) is 35.7 Å². The zero-order valence-electron chi connectivity index (χ0n) is 11.3. The summed E-state index contributed by atoms with van der Waals surface area (Å²) in [6.45, 7) is 4.02. The van der Waals surface area contributed by atoms with Crippen molar-refractivity contribution in [2.45, 2.75) is 19.9 Å². The van der Waals surface area contributed by atoms with Crippen LogP contribution in [-0.2, 0) is 0 Å². The molecular formula is C15H17NO3S. The van der Waals surface area contributed by atoms with Crippen LogP contribution in [0.25, 0.3) is 0 Å². The Kier molecular flexibility index (Phi) is 4.29. The van der Waals surface area contributed by atoms with Gasteiger partial charge in [0.15, 0.2) is 0 Å². The lowest BCUT2D eigenvalue weighted by molar-refractivity contribution is 0.0921. The van der Waals surface area contributed by atoms with Crippen molar-refractivity contribution >= 4 is 17.2 Å². The molecule has 0 fully saturated rings. The molecule has 0 aliphatic heterocycles. The van der Waals surface area contributed by atoms with E-state index in [1.54, 1.807) is 11.3 Å². The molecule has 1 amide bonds. The van der Waals surface area contributed by atoms with Gasteiger partial charge >= 0.3 is 0 Å². The fourth-order valence-corrected chi connectivity index (χ4v) is 2.96. The summed E-state index contributed by atoms with van der Waals surface area (Å²) in [5, 5.41) is 24.3. The van der Waals surface area contributed by atoms with Gasteiger partial charge in [0.25, 0.3) is 5.91 Å². The highest BCUT2D eigenvalue weighted by Gasteiger charge is 2.23. The second-order valence-electron chi connectivity index (χ2n) is 4.88. The van der Waals surface area contributed by atoms with E-state index in [4.69, 9.17) is 0 Å². The van der Waals surface area contributed by atoms with Crippen LogP contribution >= 0.6 is 11.3 Å². The Morgan fingerprint density at radius 3 is 2.30 bits per heavy atom. The molecule has 1 atom stereocenters. The number of rotatable bonds is 4. The Bertz CT molecular complexity index is 573. The Labute approximate surface area is 121 Å². The Morgan fingerprint density at radius 1 is 1.15 bits per heavy atom. The van der Waals surface area contributed by atoms with Gasteiger partial charge in [-0.1, -0.05) is 26.0 Å². The maximum atomic E-state index is 12.3. The summed E-state index contributed by atoms with van der Waals surface area (Å²) < 4.78 is 0. The minimum absolute atomic E-state index is 0.0882. The molecule has 0 spiro atoms. The summed E-state index contributed by atoms with van der Waals surface area (Å²) in [4.78, 5) is 13.3. The van der Waals surface area contributed by atoms with Crippen LogP contribution in [0.2, 0.25) is 0 Å². The second kappa shape index (κ2) is 5.96. The molecular weight excluding hydrogens is 274 g/mol. The fourth-order valence-electron chi connectivity index (χ4n) is 2.01. The smallest absolute Gasteiger partial charge is 0.259 e. The lowest BCUT2D eigenvalue weighted by atomic mass is 10.0. The van der Waals surface area contributed by atoms with Crippen molar-refractivity contribution in [3.63, 3.8) is 0 Å². The van der Waals surface area contributed by atoms with Crippen LogP contribution in [0.3, 0.4) is 0 Å². The molecule has 0 saturated heterocycles. The van der Waals surface area contributed by atoms with Crippen molar-refractivity contribution in [3.05, 3.63) is 46.2 Å². The van der Waals surface area contributed by atoms with Gasteiger partial charge in [0.1, 0.15) is 17.1 Å². The van der Waals surface area contributed by atoms with Gasteiger partial charge in [0.2, 0.25) is 0 Å². The minimum Gasteiger partial charge on any atom is -0.507 e. The molecule has 106 valence electrons. The highest BCUT2D eigenvalue weighted by molar-refractivity contribution is 7.10. The van der Waals surface area contributed by atoms with Crippen molar-refractivity contribution < 1.29 is 15.0 Å². The SMILES string of the molecule is CC(C)C(NC(=O)c1c(O)cccc1O)c1cccs1. The number of thiophene rings is 1.